The first-order valence-electron chi connectivity index (χ1n) is 3.70. The average molecular weight is 129 g/mol. The number of hydrogen-bond acceptors (Lipinski definition) is 2. The standard InChI is InChI=1S/C7H15NO/c1-2-7-5-6(8)3-4-9-7/h6-7H,2-5,8H2,1H3/t6-,7+/m1/s1. The van der Waals surface area contributed by atoms with Crippen LogP contribution in [0.1, 0.15) is 26.2 Å². The van der Waals surface area contributed by atoms with E-state index in [-0.39, 0.29) is 0 Å². The lowest BCUT2D eigenvalue weighted by Crippen LogP contribution is -2.34. The largest absolute Gasteiger partial charge is 0.378 e. The molecular formula is C7H15NO. The normalized spacial score (nSPS) is 36.7. The van der Waals surface area contributed by atoms with E-state index in [4.69, 9.17) is 10.5 Å². The number of ether oxygens (including phenoxy) is 1. The Labute approximate surface area is 56.4 Å². The van der Waals surface area contributed by atoms with Crippen LogP contribution in [0, 0.1) is 0 Å². The lowest BCUT2D eigenvalue weighted by Gasteiger charge is -2.25. The van der Waals surface area contributed by atoms with Gasteiger partial charge in [-0.3, -0.25) is 0 Å². The third kappa shape index (κ3) is 1.95. The fourth-order valence-electron chi connectivity index (χ4n) is 1.19. The maximum atomic E-state index is 5.72. The molecule has 0 spiro atoms. The molecule has 2 nitrogen and oxygen atoms in total. The van der Waals surface area contributed by atoms with Gasteiger partial charge in [0.1, 0.15) is 0 Å². The molecule has 1 saturated heterocycles. The summed E-state index contributed by atoms with van der Waals surface area (Å²) in [7, 11) is 0. The van der Waals surface area contributed by atoms with Gasteiger partial charge in [-0.05, 0) is 19.3 Å². The molecule has 0 radical (unpaired) electrons. The van der Waals surface area contributed by atoms with E-state index in [1.165, 1.54) is 0 Å². The molecule has 1 fully saturated rings. The molecule has 0 aliphatic carbocycles. The lowest BCUT2D eigenvalue weighted by molar-refractivity contribution is 0.00622. The Bertz CT molecular complexity index is 85.0. The first-order chi connectivity index (χ1) is 4.33. The van der Waals surface area contributed by atoms with E-state index in [1.807, 2.05) is 0 Å². The van der Waals surface area contributed by atoms with Gasteiger partial charge in [-0.1, -0.05) is 6.92 Å². The van der Waals surface area contributed by atoms with Crippen LogP contribution in [0.2, 0.25) is 0 Å². The van der Waals surface area contributed by atoms with Gasteiger partial charge >= 0.3 is 0 Å². The summed E-state index contributed by atoms with van der Waals surface area (Å²) < 4.78 is 5.42. The summed E-state index contributed by atoms with van der Waals surface area (Å²) in [6.45, 7) is 3.00. The zero-order chi connectivity index (χ0) is 6.69. The van der Waals surface area contributed by atoms with Crippen molar-refractivity contribution in [3.05, 3.63) is 0 Å². The fourth-order valence-corrected chi connectivity index (χ4v) is 1.19. The van der Waals surface area contributed by atoms with E-state index < -0.39 is 0 Å². The quantitative estimate of drug-likeness (QED) is 0.571. The van der Waals surface area contributed by atoms with Gasteiger partial charge in [-0.15, -0.1) is 0 Å². The Morgan fingerprint density at radius 2 is 2.44 bits per heavy atom. The second-order valence-corrected chi connectivity index (χ2v) is 2.69. The van der Waals surface area contributed by atoms with E-state index in [0.29, 0.717) is 12.1 Å². The van der Waals surface area contributed by atoms with Crippen LogP contribution in [0.15, 0.2) is 0 Å². The summed E-state index contributed by atoms with van der Waals surface area (Å²) in [5.41, 5.74) is 5.72. The molecule has 2 atom stereocenters. The number of nitrogens with two attached hydrogens (primary N) is 1. The molecule has 2 heteroatoms. The summed E-state index contributed by atoms with van der Waals surface area (Å²) >= 11 is 0. The third-order valence-corrected chi connectivity index (χ3v) is 1.86. The average Bonchev–Trinajstić information content (AvgIpc) is 1.88. The molecule has 0 amide bonds. The summed E-state index contributed by atoms with van der Waals surface area (Å²) in [4.78, 5) is 0. The van der Waals surface area contributed by atoms with Crippen molar-refractivity contribution in [3.8, 4) is 0 Å². The molecule has 1 heterocycles. The fraction of sp³-hybridized carbons (Fsp3) is 1.00. The van der Waals surface area contributed by atoms with E-state index in [2.05, 4.69) is 6.92 Å². The molecule has 0 aromatic carbocycles. The van der Waals surface area contributed by atoms with Crippen LogP contribution in [-0.4, -0.2) is 18.8 Å². The van der Waals surface area contributed by atoms with Crippen molar-refractivity contribution in [1.82, 2.24) is 0 Å². The van der Waals surface area contributed by atoms with Crippen LogP contribution in [0.4, 0.5) is 0 Å². The maximum absolute atomic E-state index is 5.72. The van der Waals surface area contributed by atoms with E-state index >= 15 is 0 Å². The van der Waals surface area contributed by atoms with E-state index in [1.54, 1.807) is 0 Å². The molecule has 0 saturated carbocycles. The molecule has 0 aromatic heterocycles. The molecule has 0 bridgehead atoms. The topological polar surface area (TPSA) is 35.2 Å². The van der Waals surface area contributed by atoms with Crippen molar-refractivity contribution in [1.29, 1.82) is 0 Å². The second kappa shape index (κ2) is 3.18. The monoisotopic (exact) mass is 129 g/mol. The SMILES string of the molecule is CC[C@H]1C[C@H](N)CCO1. The van der Waals surface area contributed by atoms with Gasteiger partial charge in [-0.2, -0.15) is 0 Å². The first-order valence-corrected chi connectivity index (χ1v) is 3.70. The van der Waals surface area contributed by atoms with Crippen LogP contribution < -0.4 is 5.73 Å². The molecule has 1 rings (SSSR count). The minimum absolute atomic E-state index is 0.392. The van der Waals surface area contributed by atoms with Crippen LogP contribution in [0.3, 0.4) is 0 Å². The molecule has 0 aromatic rings. The minimum atomic E-state index is 0.392. The van der Waals surface area contributed by atoms with Gasteiger partial charge in [0.05, 0.1) is 6.10 Å². The highest BCUT2D eigenvalue weighted by atomic mass is 16.5. The van der Waals surface area contributed by atoms with Crippen LogP contribution in [-0.2, 0) is 4.74 Å². The van der Waals surface area contributed by atoms with E-state index in [9.17, 15) is 0 Å². The van der Waals surface area contributed by atoms with Crippen molar-refractivity contribution < 1.29 is 4.74 Å². The lowest BCUT2D eigenvalue weighted by atomic mass is 10.0. The molecule has 2 N–H and O–H groups in total. The molecule has 54 valence electrons. The van der Waals surface area contributed by atoms with Crippen molar-refractivity contribution in [3.63, 3.8) is 0 Å². The summed E-state index contributed by atoms with van der Waals surface area (Å²) in [6, 6.07) is 0.392. The van der Waals surface area contributed by atoms with Crippen molar-refractivity contribution in [2.75, 3.05) is 6.61 Å². The second-order valence-electron chi connectivity index (χ2n) is 2.69. The molecule has 1 aliphatic heterocycles. The van der Waals surface area contributed by atoms with Gasteiger partial charge < -0.3 is 10.5 Å². The summed E-state index contributed by atoms with van der Waals surface area (Å²) in [5, 5.41) is 0. The first kappa shape index (κ1) is 7.03. The number of hydrogen-bond donors (Lipinski definition) is 1. The van der Waals surface area contributed by atoms with Crippen LogP contribution >= 0.6 is 0 Å². The molecule has 9 heavy (non-hydrogen) atoms. The third-order valence-electron chi connectivity index (χ3n) is 1.86. The highest BCUT2D eigenvalue weighted by Gasteiger charge is 2.17. The Hall–Kier alpha value is -0.0800. The van der Waals surface area contributed by atoms with Crippen LogP contribution in [0.25, 0.3) is 0 Å². The zero-order valence-electron chi connectivity index (χ0n) is 5.97. The summed E-state index contributed by atoms with van der Waals surface area (Å²) in [5.74, 6) is 0. The van der Waals surface area contributed by atoms with Crippen molar-refractivity contribution in [2.24, 2.45) is 5.73 Å². The predicted molar refractivity (Wildman–Crippen MR) is 37.2 cm³/mol. The van der Waals surface area contributed by atoms with E-state index in [0.717, 1.165) is 25.9 Å². The zero-order valence-corrected chi connectivity index (χ0v) is 5.97. The smallest absolute Gasteiger partial charge is 0.0587 e. The molecular weight excluding hydrogens is 114 g/mol. The Kier molecular flexibility index (Phi) is 2.49. The van der Waals surface area contributed by atoms with Gasteiger partial charge in [0, 0.05) is 12.6 Å². The summed E-state index contributed by atoms with van der Waals surface area (Å²) in [6.07, 6.45) is 3.63. The highest BCUT2D eigenvalue weighted by Crippen LogP contribution is 2.13. The Morgan fingerprint density at radius 1 is 1.67 bits per heavy atom. The Morgan fingerprint density at radius 3 is 2.89 bits per heavy atom. The van der Waals surface area contributed by atoms with Crippen molar-refractivity contribution >= 4 is 0 Å². The highest BCUT2D eigenvalue weighted by molar-refractivity contribution is 4.71. The van der Waals surface area contributed by atoms with Gasteiger partial charge in [0.2, 0.25) is 0 Å². The Balaban J connectivity index is 2.23. The maximum Gasteiger partial charge on any atom is 0.0587 e. The van der Waals surface area contributed by atoms with Crippen LogP contribution in [0.5, 0.6) is 0 Å². The van der Waals surface area contributed by atoms with Gasteiger partial charge in [-0.25, -0.2) is 0 Å². The van der Waals surface area contributed by atoms with Crippen molar-refractivity contribution in [2.45, 2.75) is 38.3 Å². The van der Waals surface area contributed by atoms with Gasteiger partial charge in [0.15, 0.2) is 0 Å². The molecule has 0 unspecified atom stereocenters. The number of rotatable bonds is 1. The molecule has 1 aliphatic rings. The minimum Gasteiger partial charge on any atom is -0.378 e. The van der Waals surface area contributed by atoms with Gasteiger partial charge in [0.25, 0.3) is 0 Å². The predicted octanol–water partition coefficient (Wildman–Crippen LogP) is 0.903.